The van der Waals surface area contributed by atoms with Crippen LogP contribution >= 0.6 is 0 Å². The van der Waals surface area contributed by atoms with Gasteiger partial charge in [-0.2, -0.15) is 5.10 Å². The van der Waals surface area contributed by atoms with E-state index in [0.717, 1.165) is 6.54 Å². The number of amides is 2. The first-order chi connectivity index (χ1) is 9.40. The summed E-state index contributed by atoms with van der Waals surface area (Å²) in [5, 5.41) is 16.5. The predicted octanol–water partition coefficient (Wildman–Crippen LogP) is 1.32. The van der Waals surface area contributed by atoms with E-state index >= 15 is 0 Å². The molecule has 0 aliphatic heterocycles. The fourth-order valence-electron chi connectivity index (χ4n) is 1.97. The monoisotopic (exact) mass is 282 g/mol. The van der Waals surface area contributed by atoms with Gasteiger partial charge in [-0.25, -0.2) is 4.79 Å². The lowest BCUT2D eigenvalue weighted by Crippen LogP contribution is -2.48. The Morgan fingerprint density at radius 1 is 1.40 bits per heavy atom. The number of carbonyl (C=O) groups is 1. The highest BCUT2D eigenvalue weighted by Crippen LogP contribution is 2.03. The van der Waals surface area contributed by atoms with Crippen molar-refractivity contribution in [3.8, 4) is 0 Å². The Balaban J connectivity index is 2.40. The van der Waals surface area contributed by atoms with E-state index in [1.165, 1.54) is 0 Å². The molecule has 20 heavy (non-hydrogen) atoms. The third-order valence-electron chi connectivity index (χ3n) is 3.00. The zero-order chi connectivity index (χ0) is 15.1. The molecule has 0 aromatic carbocycles. The Hall–Kier alpha value is -1.56. The fraction of sp³-hybridized carbons (Fsp3) is 0.714. The second-order valence-corrected chi connectivity index (χ2v) is 5.61. The number of aliphatic hydroxyl groups excluding tert-OH is 1. The van der Waals surface area contributed by atoms with E-state index in [1.54, 1.807) is 18.0 Å². The summed E-state index contributed by atoms with van der Waals surface area (Å²) in [4.78, 5) is 13.8. The van der Waals surface area contributed by atoms with Crippen molar-refractivity contribution in [1.29, 1.82) is 0 Å². The molecule has 2 atom stereocenters. The van der Waals surface area contributed by atoms with E-state index in [-0.39, 0.29) is 12.1 Å². The Bertz CT molecular complexity index is 390. The zero-order valence-electron chi connectivity index (χ0n) is 12.8. The lowest BCUT2D eigenvalue weighted by molar-refractivity contribution is 0.118. The smallest absolute Gasteiger partial charge is 0.317 e. The molecule has 2 amide bonds. The van der Waals surface area contributed by atoms with Crippen molar-refractivity contribution in [2.75, 3.05) is 13.1 Å². The highest BCUT2D eigenvalue weighted by Gasteiger charge is 2.18. The van der Waals surface area contributed by atoms with Crippen LogP contribution in [0.25, 0.3) is 0 Å². The maximum absolute atomic E-state index is 12.1. The first kappa shape index (κ1) is 16.5. The number of carbonyl (C=O) groups excluding carboxylic acids is 1. The molecule has 1 rings (SSSR count). The molecule has 0 spiro atoms. The number of nitrogens with zero attached hydrogens (tertiary/aromatic N) is 3. The van der Waals surface area contributed by atoms with E-state index in [1.807, 2.05) is 30.8 Å². The predicted molar refractivity (Wildman–Crippen MR) is 78.3 cm³/mol. The van der Waals surface area contributed by atoms with Gasteiger partial charge in [0.1, 0.15) is 0 Å². The molecule has 0 radical (unpaired) electrons. The maximum Gasteiger partial charge on any atom is 0.317 e. The average molecular weight is 282 g/mol. The van der Waals surface area contributed by atoms with Gasteiger partial charge < -0.3 is 15.3 Å². The number of aliphatic hydroxyl groups is 1. The van der Waals surface area contributed by atoms with E-state index in [4.69, 9.17) is 0 Å². The molecule has 0 aliphatic carbocycles. The zero-order valence-corrected chi connectivity index (χ0v) is 12.8. The van der Waals surface area contributed by atoms with Gasteiger partial charge in [-0.3, -0.25) is 4.68 Å². The Kier molecular flexibility index (Phi) is 6.51. The molecule has 1 aromatic heterocycles. The average Bonchev–Trinajstić information content (AvgIpc) is 2.85. The van der Waals surface area contributed by atoms with Gasteiger partial charge in [-0.05, 0) is 32.8 Å². The minimum absolute atomic E-state index is 0.0611. The molecule has 0 saturated carbocycles. The van der Waals surface area contributed by atoms with Crippen LogP contribution in [0.3, 0.4) is 0 Å². The lowest BCUT2D eigenvalue weighted by atomic mass is 10.2. The molecule has 0 saturated heterocycles. The quantitative estimate of drug-likeness (QED) is 0.792. The van der Waals surface area contributed by atoms with Crippen LogP contribution in [0, 0.1) is 5.92 Å². The summed E-state index contributed by atoms with van der Waals surface area (Å²) in [5.74, 6) is 0.291. The molecule has 0 aliphatic rings. The van der Waals surface area contributed by atoms with Gasteiger partial charge in [-0.15, -0.1) is 0 Å². The second kappa shape index (κ2) is 7.89. The van der Waals surface area contributed by atoms with Crippen LogP contribution in [0.1, 0.15) is 27.7 Å². The van der Waals surface area contributed by atoms with Crippen molar-refractivity contribution < 1.29 is 9.90 Å². The number of nitrogens with one attached hydrogen (secondary N) is 1. The fourth-order valence-corrected chi connectivity index (χ4v) is 1.97. The minimum atomic E-state index is -0.523. The summed E-state index contributed by atoms with van der Waals surface area (Å²) in [5.41, 5.74) is 0. The van der Waals surface area contributed by atoms with Crippen LogP contribution in [-0.4, -0.2) is 51.1 Å². The molecule has 114 valence electrons. The van der Waals surface area contributed by atoms with E-state index in [9.17, 15) is 9.90 Å². The summed E-state index contributed by atoms with van der Waals surface area (Å²) in [6.45, 7) is 9.33. The molecule has 6 heteroatoms. The van der Waals surface area contributed by atoms with Crippen molar-refractivity contribution in [2.24, 2.45) is 5.92 Å². The standard InChI is InChI=1S/C14H26N4O2/c1-11(2)18(10-13(4)19)14(20)15-8-12(3)9-17-7-5-6-16-17/h5-7,11-13,19H,8-10H2,1-4H3,(H,15,20). The normalized spacial score (nSPS) is 14.1. The summed E-state index contributed by atoms with van der Waals surface area (Å²) in [6, 6.07) is 1.81. The van der Waals surface area contributed by atoms with Crippen LogP contribution in [0.5, 0.6) is 0 Å². The van der Waals surface area contributed by atoms with E-state index in [0.29, 0.717) is 19.0 Å². The SMILES string of the molecule is CC(O)CN(C(=O)NCC(C)Cn1cccn1)C(C)C. The molecule has 0 fully saturated rings. The topological polar surface area (TPSA) is 70.4 Å². The number of hydrogen-bond acceptors (Lipinski definition) is 3. The second-order valence-electron chi connectivity index (χ2n) is 5.61. The van der Waals surface area contributed by atoms with Gasteiger partial charge in [0.25, 0.3) is 0 Å². The van der Waals surface area contributed by atoms with Gasteiger partial charge >= 0.3 is 6.03 Å². The number of aromatic nitrogens is 2. The number of hydrogen-bond donors (Lipinski definition) is 2. The van der Waals surface area contributed by atoms with Gasteiger partial charge in [0.2, 0.25) is 0 Å². The number of urea groups is 1. The van der Waals surface area contributed by atoms with Crippen LogP contribution in [0.15, 0.2) is 18.5 Å². The Labute approximate surface area is 120 Å². The third kappa shape index (κ3) is 5.61. The summed E-state index contributed by atoms with van der Waals surface area (Å²) < 4.78 is 1.85. The first-order valence-electron chi connectivity index (χ1n) is 7.10. The molecule has 6 nitrogen and oxygen atoms in total. The van der Waals surface area contributed by atoms with Crippen molar-refractivity contribution in [2.45, 2.75) is 46.4 Å². The van der Waals surface area contributed by atoms with Crippen LogP contribution in [0.4, 0.5) is 4.79 Å². The molecule has 1 aromatic rings. The van der Waals surface area contributed by atoms with Crippen LogP contribution in [0.2, 0.25) is 0 Å². The van der Waals surface area contributed by atoms with Crippen LogP contribution < -0.4 is 5.32 Å². The van der Waals surface area contributed by atoms with Crippen molar-refractivity contribution in [1.82, 2.24) is 20.0 Å². The molecule has 2 N–H and O–H groups in total. The van der Waals surface area contributed by atoms with Crippen molar-refractivity contribution in [3.63, 3.8) is 0 Å². The lowest BCUT2D eigenvalue weighted by Gasteiger charge is -2.28. The highest BCUT2D eigenvalue weighted by atomic mass is 16.3. The van der Waals surface area contributed by atoms with Crippen LogP contribution in [-0.2, 0) is 6.54 Å². The molecular weight excluding hydrogens is 256 g/mol. The molecular formula is C14H26N4O2. The molecule has 2 unspecified atom stereocenters. The first-order valence-corrected chi connectivity index (χ1v) is 7.10. The van der Waals surface area contributed by atoms with Gasteiger partial charge in [0, 0.05) is 38.1 Å². The molecule has 1 heterocycles. The minimum Gasteiger partial charge on any atom is -0.392 e. The van der Waals surface area contributed by atoms with Gasteiger partial charge in [-0.1, -0.05) is 6.92 Å². The van der Waals surface area contributed by atoms with Gasteiger partial charge in [0.15, 0.2) is 0 Å². The summed E-state index contributed by atoms with van der Waals surface area (Å²) in [7, 11) is 0. The van der Waals surface area contributed by atoms with Crippen molar-refractivity contribution >= 4 is 6.03 Å². The molecule has 0 bridgehead atoms. The summed E-state index contributed by atoms with van der Waals surface area (Å²) >= 11 is 0. The van der Waals surface area contributed by atoms with Gasteiger partial charge in [0.05, 0.1) is 6.10 Å². The van der Waals surface area contributed by atoms with E-state index < -0.39 is 6.10 Å². The largest absolute Gasteiger partial charge is 0.392 e. The Morgan fingerprint density at radius 2 is 2.10 bits per heavy atom. The highest BCUT2D eigenvalue weighted by molar-refractivity contribution is 5.74. The summed E-state index contributed by atoms with van der Waals surface area (Å²) in [6.07, 6.45) is 3.13. The maximum atomic E-state index is 12.1. The number of rotatable bonds is 7. The Morgan fingerprint density at radius 3 is 2.60 bits per heavy atom. The van der Waals surface area contributed by atoms with Crippen molar-refractivity contribution in [3.05, 3.63) is 18.5 Å². The van der Waals surface area contributed by atoms with E-state index in [2.05, 4.69) is 17.3 Å². The third-order valence-corrected chi connectivity index (χ3v) is 3.00.